The highest BCUT2D eigenvalue weighted by atomic mass is 16.6. The van der Waals surface area contributed by atoms with Crippen LogP contribution in [0.5, 0.6) is 0 Å². The Morgan fingerprint density at radius 1 is 0.730 bits per heavy atom. The maximum absolute atomic E-state index is 15.0. The van der Waals surface area contributed by atoms with Crippen LogP contribution in [0.15, 0.2) is 85.2 Å². The number of primary amides is 1. The van der Waals surface area contributed by atoms with E-state index in [-0.39, 0.29) is 98.2 Å². The number of unbranched alkanes of at least 4 members (excludes halogenated alkanes) is 3. The van der Waals surface area contributed by atoms with Gasteiger partial charge < -0.3 is 61.6 Å². The number of hydrogen-bond donors (Lipinski definition) is 7. The zero-order valence-corrected chi connectivity index (χ0v) is 59.7. The fourth-order valence-electron chi connectivity index (χ4n) is 14.2. The Morgan fingerprint density at radius 2 is 1.42 bits per heavy atom. The number of fused-ring (bicyclic) bond motifs is 2. The molecule has 0 radical (unpaired) electrons. The Bertz CT molecular complexity index is 3290. The summed E-state index contributed by atoms with van der Waals surface area (Å²) in [6.45, 7) is 13.8. The summed E-state index contributed by atoms with van der Waals surface area (Å²) in [5, 5.41) is 17.2. The number of nitrogens with zero attached hydrogens (tertiary/aromatic N) is 6. The van der Waals surface area contributed by atoms with Crippen molar-refractivity contribution in [3.05, 3.63) is 102 Å². The quantitative estimate of drug-likeness (QED) is 0.0255. The normalized spacial score (nSPS) is 19.8. The number of carbonyl (C=O) groups is 11. The molecule has 546 valence electrons. The van der Waals surface area contributed by atoms with Gasteiger partial charge in [-0.25, -0.2) is 19.6 Å². The summed E-state index contributed by atoms with van der Waals surface area (Å²) in [7, 11) is 4.75. The van der Waals surface area contributed by atoms with Gasteiger partial charge >= 0.3 is 12.1 Å². The third kappa shape index (κ3) is 21.3. The highest BCUT2D eigenvalue weighted by molar-refractivity contribution is 6.12. The Kier molecular flexibility index (Phi) is 29.9. The number of piperidine rings is 1. The summed E-state index contributed by atoms with van der Waals surface area (Å²) in [6.07, 6.45) is 10.6. The minimum Gasteiger partial charge on any atom is -0.445 e. The van der Waals surface area contributed by atoms with Crippen LogP contribution in [0.25, 0.3) is 0 Å². The fraction of sp³-hybridized carbons (Fsp3) is 0.603. The second-order valence-corrected chi connectivity index (χ2v) is 27.6. The SMILES string of the molecule is CC[C@H](C)[C@@H]([C@@H](CC(=O)N1CCC[C@H]1[C@H](OC)[C@@H](C)C(=O)N[C@H](Cc1ccccc1)c1ncccn1)OC)N(C)C(=O)[C@@H](NC(=O)[C@@H]1[C@H]2CC[C@H](C2)N1C(=O)OCc1ccc(NC(=O)[C@H](CCCCNC(N)=O)NC(=O)[C@@H](NC(=O)CCCCCN2C(=O)C=CC2=O)C(C)C)cc1)C(C)C. The topological polar surface area (TPSA) is 352 Å². The van der Waals surface area contributed by atoms with E-state index in [0.717, 1.165) is 10.5 Å². The van der Waals surface area contributed by atoms with Gasteiger partial charge in [-0.05, 0) is 124 Å². The third-order valence-electron chi connectivity index (χ3n) is 19.9. The van der Waals surface area contributed by atoms with Crippen molar-refractivity contribution in [2.24, 2.45) is 35.3 Å². The molecule has 13 atom stereocenters. The van der Waals surface area contributed by atoms with Gasteiger partial charge in [-0.1, -0.05) is 104 Å². The predicted molar refractivity (Wildman–Crippen MR) is 372 cm³/mol. The van der Waals surface area contributed by atoms with Gasteiger partial charge in [0.2, 0.25) is 41.4 Å². The lowest BCUT2D eigenvalue weighted by molar-refractivity contribution is -0.148. The van der Waals surface area contributed by atoms with Crippen molar-refractivity contribution < 1.29 is 67.0 Å². The van der Waals surface area contributed by atoms with E-state index in [9.17, 15) is 52.7 Å². The van der Waals surface area contributed by atoms with Crippen LogP contribution in [-0.4, -0.2) is 190 Å². The van der Waals surface area contributed by atoms with Crippen LogP contribution in [0.1, 0.15) is 161 Å². The largest absolute Gasteiger partial charge is 0.445 e. The predicted octanol–water partition coefficient (Wildman–Crippen LogP) is 6.02. The molecule has 3 fully saturated rings. The standard InChI is InChI=1S/C73H105N13O14/c1-11-46(6)63(56(98-9)42-60(90)84-39-20-25-55(84)65(99-10)47(7)67(91)80-54(66-75-36-21-37-76-66)40-48-22-14-12-15-23-48)83(8)71(95)62(45(4)5)82-70(94)64-50-29-32-52(41-50)86(64)73(97)100-43-49-27-30-51(31-28-49)78-68(92)53(24-17-18-35-77-72(74)96)79-69(93)61(44(2)3)81-57(87)26-16-13-19-38-85-58(88)33-34-59(85)89/h12,14-15,21-23,27-28,30-31,33-34,36-37,44-47,50,52-56,61-65H,11,13,16-20,24-26,29,32,35,38-43H2,1-10H3,(H,78,92)(H,79,93)(H,80,91)(H,81,87)(H,82,94)(H3,74,77,96)/t46-,47+,50-,52+,53-,54+,55-,56+,61-,62-,63-,64-,65+/m0/s1. The first-order valence-electron chi connectivity index (χ1n) is 35.4. The maximum atomic E-state index is 15.0. The molecule has 2 bridgehead atoms. The molecule has 27 heteroatoms. The number of methoxy groups -OCH3 is 2. The number of rotatable bonds is 38. The van der Waals surface area contributed by atoms with Gasteiger partial charge in [0.15, 0.2) is 5.82 Å². The van der Waals surface area contributed by atoms with Crippen LogP contribution in [0, 0.1) is 29.6 Å². The first kappa shape index (κ1) is 78.5. The molecular formula is C73H105N13O14. The monoisotopic (exact) mass is 1390 g/mol. The second-order valence-electron chi connectivity index (χ2n) is 27.6. The molecule has 27 nitrogen and oxygen atoms in total. The van der Waals surface area contributed by atoms with Gasteiger partial charge in [-0.3, -0.25) is 53.0 Å². The fourth-order valence-corrected chi connectivity index (χ4v) is 14.2. The highest BCUT2D eigenvalue weighted by Crippen LogP contribution is 2.43. The zero-order valence-electron chi connectivity index (χ0n) is 59.7. The van der Waals surface area contributed by atoms with Crippen molar-refractivity contribution >= 4 is 71.0 Å². The summed E-state index contributed by atoms with van der Waals surface area (Å²) < 4.78 is 18.2. The van der Waals surface area contributed by atoms with Crippen molar-refractivity contribution in [2.45, 2.75) is 212 Å². The molecule has 1 saturated carbocycles. The summed E-state index contributed by atoms with van der Waals surface area (Å²) in [6, 6.07) is 11.6. The number of urea groups is 1. The number of nitrogens with two attached hydrogens (primary N) is 1. The molecule has 7 rings (SSSR count). The number of ether oxygens (including phenoxy) is 3. The molecule has 4 aliphatic rings. The smallest absolute Gasteiger partial charge is 0.411 e. The minimum atomic E-state index is -1.06. The summed E-state index contributed by atoms with van der Waals surface area (Å²) in [4.78, 5) is 164. The zero-order chi connectivity index (χ0) is 72.7. The van der Waals surface area contributed by atoms with Crippen LogP contribution in [0.2, 0.25) is 0 Å². The molecule has 12 amide bonds. The van der Waals surface area contributed by atoms with E-state index in [1.165, 1.54) is 24.2 Å². The van der Waals surface area contributed by atoms with Gasteiger partial charge in [-0.15, -0.1) is 0 Å². The minimum absolute atomic E-state index is 0.0735. The highest BCUT2D eigenvalue weighted by Gasteiger charge is 2.53. The number of anilines is 1. The van der Waals surface area contributed by atoms with Crippen LogP contribution < -0.4 is 37.6 Å². The van der Waals surface area contributed by atoms with E-state index in [1.54, 1.807) is 87.5 Å². The average molecular weight is 1390 g/mol. The number of nitrogens with one attached hydrogen (secondary N) is 6. The van der Waals surface area contributed by atoms with Gasteiger partial charge in [0.1, 0.15) is 30.8 Å². The van der Waals surface area contributed by atoms with Gasteiger partial charge in [-0.2, -0.15) is 0 Å². The number of carbonyl (C=O) groups excluding carboxylic acids is 11. The van der Waals surface area contributed by atoms with E-state index in [1.807, 2.05) is 58.0 Å². The number of hydrogen-bond acceptors (Lipinski definition) is 16. The number of benzene rings is 2. The Labute approximate surface area is 587 Å². The van der Waals surface area contributed by atoms with Crippen molar-refractivity contribution in [2.75, 3.05) is 46.2 Å². The van der Waals surface area contributed by atoms with E-state index in [0.29, 0.717) is 101 Å². The molecule has 2 aromatic carbocycles. The molecule has 8 N–H and O–H groups in total. The van der Waals surface area contributed by atoms with Gasteiger partial charge in [0.25, 0.3) is 11.8 Å². The lowest BCUT2D eigenvalue weighted by Crippen LogP contribution is -2.60. The van der Waals surface area contributed by atoms with Crippen LogP contribution in [0.4, 0.5) is 15.3 Å². The molecule has 0 unspecified atom stereocenters. The number of likely N-dealkylation sites (tertiary alicyclic amines) is 2. The molecule has 3 aromatic rings. The maximum Gasteiger partial charge on any atom is 0.411 e. The van der Waals surface area contributed by atoms with E-state index in [2.05, 4.69) is 41.9 Å². The summed E-state index contributed by atoms with van der Waals surface area (Å²) in [5.41, 5.74) is 7.19. The van der Waals surface area contributed by atoms with Crippen LogP contribution in [-0.2, 0) is 70.4 Å². The number of imide groups is 1. The number of likely N-dealkylation sites (N-methyl/N-ethyl adjacent to an activating group) is 1. The molecule has 100 heavy (non-hydrogen) atoms. The van der Waals surface area contributed by atoms with E-state index >= 15 is 0 Å². The third-order valence-corrected chi connectivity index (χ3v) is 19.9. The van der Waals surface area contributed by atoms with Crippen LogP contribution >= 0.6 is 0 Å². The second kappa shape index (κ2) is 38.1. The summed E-state index contributed by atoms with van der Waals surface area (Å²) in [5.74, 6) is -4.84. The van der Waals surface area contributed by atoms with Crippen molar-refractivity contribution in [3.8, 4) is 0 Å². The van der Waals surface area contributed by atoms with Crippen LogP contribution in [0.3, 0.4) is 0 Å². The molecular weight excluding hydrogens is 1280 g/mol. The Morgan fingerprint density at radius 3 is 2.06 bits per heavy atom. The number of amides is 12. The van der Waals surface area contributed by atoms with Crippen molar-refractivity contribution in [3.63, 3.8) is 0 Å². The van der Waals surface area contributed by atoms with Crippen molar-refractivity contribution in [1.29, 1.82) is 0 Å². The molecule has 2 saturated heterocycles. The lowest BCUT2D eigenvalue weighted by Gasteiger charge is -2.41. The van der Waals surface area contributed by atoms with E-state index < -0.39 is 96.2 Å². The Hall–Kier alpha value is -8.85. The van der Waals surface area contributed by atoms with Gasteiger partial charge in [0, 0.05) is 83.6 Å². The van der Waals surface area contributed by atoms with Crippen molar-refractivity contribution in [1.82, 2.24) is 56.2 Å². The molecule has 1 aliphatic carbocycles. The first-order chi connectivity index (χ1) is 47.8. The lowest BCUT2D eigenvalue weighted by atomic mass is 9.89. The van der Waals surface area contributed by atoms with Gasteiger partial charge in [0.05, 0.1) is 42.7 Å². The molecule has 4 heterocycles. The van der Waals surface area contributed by atoms with E-state index in [4.69, 9.17) is 19.9 Å². The molecule has 3 aliphatic heterocycles. The molecule has 0 spiro atoms. The first-order valence-corrected chi connectivity index (χ1v) is 35.4. The Balaban J connectivity index is 0.939. The average Bonchev–Trinajstić information content (AvgIpc) is 1.61. The summed E-state index contributed by atoms with van der Waals surface area (Å²) >= 11 is 0. The molecule has 1 aromatic heterocycles. The number of aromatic nitrogens is 2.